The highest BCUT2D eigenvalue weighted by Gasteiger charge is 2.04. The SMILES string of the molecule is CCCN(CCO)Cc1cncs1. The van der Waals surface area contributed by atoms with Crippen molar-refractivity contribution in [2.75, 3.05) is 19.7 Å². The van der Waals surface area contributed by atoms with E-state index in [1.165, 1.54) is 4.88 Å². The van der Waals surface area contributed by atoms with E-state index in [1.807, 2.05) is 11.7 Å². The summed E-state index contributed by atoms with van der Waals surface area (Å²) in [5.74, 6) is 0. The maximum atomic E-state index is 8.84. The Morgan fingerprint density at radius 1 is 1.54 bits per heavy atom. The zero-order valence-electron chi connectivity index (χ0n) is 7.94. The fourth-order valence-electron chi connectivity index (χ4n) is 1.27. The second-order valence-electron chi connectivity index (χ2n) is 2.97. The van der Waals surface area contributed by atoms with E-state index < -0.39 is 0 Å². The van der Waals surface area contributed by atoms with Crippen LogP contribution in [-0.2, 0) is 6.54 Å². The van der Waals surface area contributed by atoms with Crippen molar-refractivity contribution in [3.63, 3.8) is 0 Å². The molecule has 1 rings (SSSR count). The van der Waals surface area contributed by atoms with Crippen LogP contribution in [0.1, 0.15) is 18.2 Å². The van der Waals surface area contributed by atoms with E-state index in [2.05, 4.69) is 16.8 Å². The van der Waals surface area contributed by atoms with E-state index in [1.54, 1.807) is 11.3 Å². The predicted molar refractivity (Wildman–Crippen MR) is 54.8 cm³/mol. The zero-order valence-corrected chi connectivity index (χ0v) is 8.76. The van der Waals surface area contributed by atoms with Gasteiger partial charge in [0.25, 0.3) is 0 Å². The second kappa shape index (κ2) is 6.07. The molecule has 0 aliphatic carbocycles. The first-order valence-corrected chi connectivity index (χ1v) is 5.45. The first-order valence-electron chi connectivity index (χ1n) is 4.57. The van der Waals surface area contributed by atoms with Crippen molar-refractivity contribution in [2.45, 2.75) is 19.9 Å². The molecule has 0 aliphatic rings. The van der Waals surface area contributed by atoms with Gasteiger partial charge in [0.2, 0.25) is 0 Å². The van der Waals surface area contributed by atoms with Crippen molar-refractivity contribution < 1.29 is 5.11 Å². The molecule has 0 radical (unpaired) electrons. The predicted octanol–water partition coefficient (Wildman–Crippen LogP) is 1.35. The molecule has 0 atom stereocenters. The minimum atomic E-state index is 0.235. The maximum Gasteiger partial charge on any atom is 0.0794 e. The fourth-order valence-corrected chi connectivity index (χ4v) is 1.90. The lowest BCUT2D eigenvalue weighted by molar-refractivity contribution is 0.191. The van der Waals surface area contributed by atoms with E-state index in [9.17, 15) is 0 Å². The maximum absolute atomic E-state index is 8.84. The lowest BCUT2D eigenvalue weighted by Crippen LogP contribution is -2.26. The molecule has 0 saturated carbocycles. The van der Waals surface area contributed by atoms with Gasteiger partial charge in [0.15, 0.2) is 0 Å². The van der Waals surface area contributed by atoms with Gasteiger partial charge in [-0.2, -0.15) is 0 Å². The third-order valence-electron chi connectivity index (χ3n) is 1.82. The van der Waals surface area contributed by atoms with Crippen LogP contribution >= 0.6 is 11.3 Å². The molecule has 13 heavy (non-hydrogen) atoms. The Bertz CT molecular complexity index is 207. The summed E-state index contributed by atoms with van der Waals surface area (Å²) in [7, 11) is 0. The van der Waals surface area contributed by atoms with E-state index in [4.69, 9.17) is 5.11 Å². The van der Waals surface area contributed by atoms with Crippen molar-refractivity contribution in [1.82, 2.24) is 9.88 Å². The Labute approximate surface area is 83.0 Å². The number of aliphatic hydroxyl groups excluding tert-OH is 1. The average Bonchev–Trinajstić information content (AvgIpc) is 2.58. The van der Waals surface area contributed by atoms with Crippen molar-refractivity contribution in [3.05, 3.63) is 16.6 Å². The summed E-state index contributed by atoms with van der Waals surface area (Å²) in [6.45, 7) is 5.10. The van der Waals surface area contributed by atoms with Crippen LogP contribution in [0, 0.1) is 0 Å². The van der Waals surface area contributed by atoms with E-state index >= 15 is 0 Å². The molecule has 1 N–H and O–H groups in total. The normalized spacial score (nSPS) is 11.0. The topological polar surface area (TPSA) is 36.4 Å². The second-order valence-corrected chi connectivity index (χ2v) is 3.94. The molecule has 74 valence electrons. The molecule has 0 aromatic carbocycles. The molecule has 1 heterocycles. The Morgan fingerprint density at radius 2 is 2.38 bits per heavy atom. The van der Waals surface area contributed by atoms with Gasteiger partial charge in [0.1, 0.15) is 0 Å². The number of aliphatic hydroxyl groups is 1. The van der Waals surface area contributed by atoms with Crippen molar-refractivity contribution in [3.8, 4) is 0 Å². The minimum Gasteiger partial charge on any atom is -0.395 e. The van der Waals surface area contributed by atoms with Crippen LogP contribution in [0.3, 0.4) is 0 Å². The van der Waals surface area contributed by atoms with Gasteiger partial charge in [-0.3, -0.25) is 9.88 Å². The molecule has 0 aliphatic heterocycles. The molecule has 0 unspecified atom stereocenters. The van der Waals surface area contributed by atoms with Gasteiger partial charge in [-0.1, -0.05) is 6.92 Å². The van der Waals surface area contributed by atoms with Gasteiger partial charge >= 0.3 is 0 Å². The number of rotatable bonds is 6. The molecule has 1 aromatic rings. The number of hydrogen-bond donors (Lipinski definition) is 1. The van der Waals surface area contributed by atoms with E-state index in [-0.39, 0.29) is 6.61 Å². The molecule has 0 bridgehead atoms. The first kappa shape index (κ1) is 10.6. The molecule has 0 amide bonds. The van der Waals surface area contributed by atoms with Gasteiger partial charge in [-0.15, -0.1) is 11.3 Å². The van der Waals surface area contributed by atoms with Gasteiger partial charge in [0, 0.05) is 24.2 Å². The van der Waals surface area contributed by atoms with Crippen molar-refractivity contribution in [1.29, 1.82) is 0 Å². The van der Waals surface area contributed by atoms with Crippen LogP contribution in [-0.4, -0.2) is 34.7 Å². The number of aromatic nitrogens is 1. The third kappa shape index (κ3) is 3.85. The van der Waals surface area contributed by atoms with Gasteiger partial charge in [0.05, 0.1) is 12.1 Å². The first-order chi connectivity index (χ1) is 6.36. The lowest BCUT2D eigenvalue weighted by Gasteiger charge is -2.18. The molecule has 0 fully saturated rings. The van der Waals surface area contributed by atoms with E-state index in [0.717, 1.165) is 26.1 Å². The Hall–Kier alpha value is -0.450. The summed E-state index contributed by atoms with van der Waals surface area (Å²) in [5.41, 5.74) is 1.85. The Morgan fingerprint density at radius 3 is 2.92 bits per heavy atom. The molecular weight excluding hydrogens is 184 g/mol. The molecule has 0 spiro atoms. The zero-order chi connectivity index (χ0) is 9.52. The number of hydrogen-bond acceptors (Lipinski definition) is 4. The highest BCUT2D eigenvalue weighted by Crippen LogP contribution is 2.09. The molecule has 3 nitrogen and oxygen atoms in total. The quantitative estimate of drug-likeness (QED) is 0.753. The summed E-state index contributed by atoms with van der Waals surface area (Å²) in [6, 6.07) is 0. The standard InChI is InChI=1S/C9H16N2OS/c1-2-3-11(4-5-12)7-9-6-10-8-13-9/h6,8,12H,2-5,7H2,1H3. The van der Waals surface area contributed by atoms with Crippen LogP contribution < -0.4 is 0 Å². The van der Waals surface area contributed by atoms with Gasteiger partial charge < -0.3 is 5.11 Å². The van der Waals surface area contributed by atoms with Gasteiger partial charge in [-0.05, 0) is 13.0 Å². The highest BCUT2D eigenvalue weighted by atomic mass is 32.1. The third-order valence-corrected chi connectivity index (χ3v) is 2.58. The van der Waals surface area contributed by atoms with Crippen LogP contribution in [0.15, 0.2) is 11.7 Å². The smallest absolute Gasteiger partial charge is 0.0794 e. The van der Waals surface area contributed by atoms with Crippen LogP contribution in [0.25, 0.3) is 0 Å². The van der Waals surface area contributed by atoms with Crippen molar-refractivity contribution in [2.24, 2.45) is 0 Å². The molecule has 4 heteroatoms. The van der Waals surface area contributed by atoms with Crippen LogP contribution in [0.2, 0.25) is 0 Å². The molecule has 0 saturated heterocycles. The average molecular weight is 200 g/mol. The minimum absolute atomic E-state index is 0.235. The number of nitrogens with zero attached hydrogens (tertiary/aromatic N) is 2. The Kier molecular flexibility index (Phi) is 4.97. The van der Waals surface area contributed by atoms with Gasteiger partial charge in [-0.25, -0.2) is 0 Å². The highest BCUT2D eigenvalue weighted by molar-refractivity contribution is 7.09. The fraction of sp³-hybridized carbons (Fsp3) is 0.667. The molecular formula is C9H16N2OS. The van der Waals surface area contributed by atoms with Crippen molar-refractivity contribution >= 4 is 11.3 Å². The summed E-state index contributed by atoms with van der Waals surface area (Å²) in [6.07, 6.45) is 3.02. The van der Waals surface area contributed by atoms with E-state index in [0.29, 0.717) is 0 Å². The molecule has 1 aromatic heterocycles. The monoisotopic (exact) mass is 200 g/mol. The van der Waals surface area contributed by atoms with Crippen LogP contribution in [0.4, 0.5) is 0 Å². The van der Waals surface area contributed by atoms with Crippen LogP contribution in [0.5, 0.6) is 0 Å². The lowest BCUT2D eigenvalue weighted by atomic mass is 10.4. The summed E-state index contributed by atoms with van der Waals surface area (Å²) in [5, 5.41) is 8.84. The largest absolute Gasteiger partial charge is 0.395 e. The number of thiazole rings is 1. The summed E-state index contributed by atoms with van der Waals surface area (Å²) in [4.78, 5) is 7.53. The summed E-state index contributed by atoms with van der Waals surface area (Å²) < 4.78 is 0. The Balaban J connectivity index is 2.37. The summed E-state index contributed by atoms with van der Waals surface area (Å²) >= 11 is 1.67.